The molecule has 21 heavy (non-hydrogen) atoms. The second-order valence-electron chi connectivity index (χ2n) is 4.67. The smallest absolute Gasteiger partial charge is 0.163 e. The normalized spacial score (nSPS) is 12.8. The lowest BCUT2D eigenvalue weighted by Crippen LogP contribution is -2.17. The summed E-state index contributed by atoms with van der Waals surface area (Å²) in [5, 5.41) is 3.25. The van der Waals surface area contributed by atoms with Crippen LogP contribution in [0.3, 0.4) is 0 Å². The molecule has 0 bridgehead atoms. The van der Waals surface area contributed by atoms with Gasteiger partial charge in [0.1, 0.15) is 25.6 Å². The second kappa shape index (κ2) is 6.26. The van der Waals surface area contributed by atoms with E-state index in [1.165, 1.54) is 0 Å². The standard InChI is InChI=1S/C16H18N2O3/c17-13-10-15-16(21-9-8-20-15)11-14(13)18-6-7-19-12-4-2-1-3-5-12/h1-5,10-11,18H,6-9,17H2. The molecule has 110 valence electrons. The average molecular weight is 286 g/mol. The summed E-state index contributed by atoms with van der Waals surface area (Å²) in [6.45, 7) is 2.33. The highest BCUT2D eigenvalue weighted by molar-refractivity contribution is 5.72. The van der Waals surface area contributed by atoms with E-state index in [0.29, 0.717) is 37.8 Å². The number of rotatable bonds is 5. The Morgan fingerprint density at radius 1 is 1.05 bits per heavy atom. The lowest BCUT2D eigenvalue weighted by Gasteiger charge is -2.20. The van der Waals surface area contributed by atoms with Gasteiger partial charge >= 0.3 is 0 Å². The maximum absolute atomic E-state index is 6.00. The quantitative estimate of drug-likeness (QED) is 0.653. The molecule has 0 spiro atoms. The fourth-order valence-electron chi connectivity index (χ4n) is 2.13. The Morgan fingerprint density at radius 2 is 1.76 bits per heavy atom. The Balaban J connectivity index is 1.55. The molecule has 0 atom stereocenters. The molecule has 1 heterocycles. The van der Waals surface area contributed by atoms with Crippen LogP contribution in [0.4, 0.5) is 11.4 Å². The summed E-state index contributed by atoms with van der Waals surface area (Å²) < 4.78 is 16.6. The van der Waals surface area contributed by atoms with Gasteiger partial charge in [0, 0.05) is 18.7 Å². The van der Waals surface area contributed by atoms with E-state index in [1.54, 1.807) is 6.07 Å². The molecule has 0 aliphatic carbocycles. The van der Waals surface area contributed by atoms with Gasteiger partial charge in [0.15, 0.2) is 11.5 Å². The Kier molecular flexibility index (Phi) is 4.00. The first-order valence-electron chi connectivity index (χ1n) is 6.94. The molecule has 0 radical (unpaired) electrons. The summed E-state index contributed by atoms with van der Waals surface area (Å²) in [5.74, 6) is 2.28. The van der Waals surface area contributed by atoms with Crippen molar-refractivity contribution in [3.05, 3.63) is 42.5 Å². The highest BCUT2D eigenvalue weighted by Gasteiger charge is 2.14. The van der Waals surface area contributed by atoms with Gasteiger partial charge in [-0.1, -0.05) is 18.2 Å². The molecule has 3 rings (SSSR count). The third kappa shape index (κ3) is 3.31. The average Bonchev–Trinajstić information content (AvgIpc) is 2.53. The Morgan fingerprint density at radius 3 is 2.52 bits per heavy atom. The molecule has 1 aliphatic rings. The molecule has 2 aromatic rings. The monoisotopic (exact) mass is 286 g/mol. The maximum atomic E-state index is 6.00. The predicted octanol–water partition coefficient (Wildman–Crippen LogP) is 2.53. The first kappa shape index (κ1) is 13.4. The fraction of sp³-hybridized carbons (Fsp3) is 0.250. The van der Waals surface area contributed by atoms with E-state index in [-0.39, 0.29) is 0 Å². The van der Waals surface area contributed by atoms with Crippen LogP contribution in [0.1, 0.15) is 0 Å². The van der Waals surface area contributed by atoms with Gasteiger partial charge < -0.3 is 25.3 Å². The number of fused-ring (bicyclic) bond motifs is 1. The molecule has 0 fully saturated rings. The molecule has 5 heteroatoms. The third-order valence-electron chi connectivity index (χ3n) is 3.14. The van der Waals surface area contributed by atoms with E-state index in [2.05, 4.69) is 5.32 Å². The SMILES string of the molecule is Nc1cc2c(cc1NCCOc1ccccc1)OCCO2. The predicted molar refractivity (Wildman–Crippen MR) is 82.3 cm³/mol. The summed E-state index contributed by atoms with van der Waals surface area (Å²) in [4.78, 5) is 0. The molecular formula is C16H18N2O3. The van der Waals surface area contributed by atoms with E-state index >= 15 is 0 Å². The maximum Gasteiger partial charge on any atom is 0.163 e. The van der Waals surface area contributed by atoms with Crippen molar-refractivity contribution in [2.45, 2.75) is 0 Å². The van der Waals surface area contributed by atoms with Crippen LogP contribution in [0.2, 0.25) is 0 Å². The van der Waals surface area contributed by atoms with Gasteiger partial charge in [-0.3, -0.25) is 0 Å². The first-order chi connectivity index (χ1) is 10.3. The number of hydrogen-bond acceptors (Lipinski definition) is 5. The fourth-order valence-corrected chi connectivity index (χ4v) is 2.13. The van der Waals surface area contributed by atoms with Crippen molar-refractivity contribution in [2.24, 2.45) is 0 Å². The van der Waals surface area contributed by atoms with Gasteiger partial charge in [0.25, 0.3) is 0 Å². The van der Waals surface area contributed by atoms with Crippen molar-refractivity contribution in [2.75, 3.05) is 37.4 Å². The van der Waals surface area contributed by atoms with Crippen molar-refractivity contribution in [3.8, 4) is 17.2 Å². The molecule has 5 nitrogen and oxygen atoms in total. The van der Waals surface area contributed by atoms with Gasteiger partial charge in [0.2, 0.25) is 0 Å². The van der Waals surface area contributed by atoms with E-state index in [0.717, 1.165) is 17.2 Å². The number of nitrogens with two attached hydrogens (primary N) is 1. The molecule has 0 amide bonds. The summed E-state index contributed by atoms with van der Waals surface area (Å²) in [7, 11) is 0. The molecule has 1 aliphatic heterocycles. The molecule has 0 saturated heterocycles. The Bertz CT molecular complexity index is 602. The van der Waals surface area contributed by atoms with Gasteiger partial charge in [0.05, 0.1) is 11.4 Å². The van der Waals surface area contributed by atoms with E-state index in [1.807, 2.05) is 36.4 Å². The number of ether oxygens (including phenoxy) is 3. The van der Waals surface area contributed by atoms with E-state index in [9.17, 15) is 0 Å². The highest BCUT2D eigenvalue weighted by Crippen LogP contribution is 2.36. The van der Waals surface area contributed by atoms with E-state index in [4.69, 9.17) is 19.9 Å². The number of para-hydroxylation sites is 1. The van der Waals surface area contributed by atoms with Gasteiger partial charge in [-0.25, -0.2) is 0 Å². The summed E-state index contributed by atoms with van der Waals surface area (Å²) in [5.41, 5.74) is 7.47. The number of nitrogen functional groups attached to an aromatic ring is 1. The van der Waals surface area contributed by atoms with Crippen molar-refractivity contribution in [1.29, 1.82) is 0 Å². The van der Waals surface area contributed by atoms with Crippen LogP contribution in [0.5, 0.6) is 17.2 Å². The minimum Gasteiger partial charge on any atom is -0.492 e. The van der Waals surface area contributed by atoms with Crippen molar-refractivity contribution in [3.63, 3.8) is 0 Å². The van der Waals surface area contributed by atoms with Crippen molar-refractivity contribution >= 4 is 11.4 Å². The van der Waals surface area contributed by atoms with Crippen LogP contribution in [-0.4, -0.2) is 26.4 Å². The minimum absolute atomic E-state index is 0.553. The lowest BCUT2D eigenvalue weighted by molar-refractivity contribution is 0.172. The molecule has 0 aromatic heterocycles. The molecule has 2 aromatic carbocycles. The molecular weight excluding hydrogens is 268 g/mol. The van der Waals surface area contributed by atoms with E-state index < -0.39 is 0 Å². The Labute approximate surface area is 123 Å². The topological polar surface area (TPSA) is 65.7 Å². The minimum atomic E-state index is 0.553. The number of benzene rings is 2. The van der Waals surface area contributed by atoms with Crippen LogP contribution in [0, 0.1) is 0 Å². The zero-order chi connectivity index (χ0) is 14.5. The van der Waals surface area contributed by atoms with Crippen LogP contribution in [0.25, 0.3) is 0 Å². The van der Waals surface area contributed by atoms with Crippen molar-refractivity contribution in [1.82, 2.24) is 0 Å². The molecule has 3 N–H and O–H groups in total. The number of nitrogens with one attached hydrogen (secondary N) is 1. The lowest BCUT2D eigenvalue weighted by atomic mass is 10.2. The summed E-state index contributed by atoms with van der Waals surface area (Å²) >= 11 is 0. The zero-order valence-corrected chi connectivity index (χ0v) is 11.7. The molecule has 0 unspecified atom stereocenters. The van der Waals surface area contributed by atoms with Crippen LogP contribution < -0.4 is 25.3 Å². The number of anilines is 2. The van der Waals surface area contributed by atoms with Crippen molar-refractivity contribution < 1.29 is 14.2 Å². The van der Waals surface area contributed by atoms with Gasteiger partial charge in [-0.05, 0) is 12.1 Å². The summed E-state index contributed by atoms with van der Waals surface area (Å²) in [6.07, 6.45) is 0. The largest absolute Gasteiger partial charge is 0.492 e. The van der Waals surface area contributed by atoms with Gasteiger partial charge in [-0.15, -0.1) is 0 Å². The number of hydrogen-bond donors (Lipinski definition) is 2. The van der Waals surface area contributed by atoms with Crippen LogP contribution in [-0.2, 0) is 0 Å². The van der Waals surface area contributed by atoms with Crippen LogP contribution in [0.15, 0.2) is 42.5 Å². The molecule has 0 saturated carbocycles. The third-order valence-corrected chi connectivity index (χ3v) is 3.14. The first-order valence-corrected chi connectivity index (χ1v) is 6.94. The summed E-state index contributed by atoms with van der Waals surface area (Å²) in [6, 6.07) is 13.4. The van der Waals surface area contributed by atoms with Gasteiger partial charge in [-0.2, -0.15) is 0 Å². The Hall–Kier alpha value is -2.56. The van der Waals surface area contributed by atoms with Crippen LogP contribution >= 0.6 is 0 Å². The zero-order valence-electron chi connectivity index (χ0n) is 11.7. The second-order valence-corrected chi connectivity index (χ2v) is 4.67. The highest BCUT2D eigenvalue weighted by atomic mass is 16.6.